The molecule has 1 aromatic carbocycles. The molecule has 2 aliphatic rings. The second-order valence-electron chi connectivity index (χ2n) is 11.0. The Hall–Kier alpha value is -4.02. The van der Waals surface area contributed by atoms with Crippen LogP contribution >= 0.6 is 0 Å². The molecule has 0 N–H and O–H groups in total. The van der Waals surface area contributed by atoms with Crippen molar-refractivity contribution in [1.82, 2.24) is 19.1 Å². The first-order valence-corrected chi connectivity index (χ1v) is 12.9. The van der Waals surface area contributed by atoms with Gasteiger partial charge in [-0.2, -0.15) is 20.1 Å². The van der Waals surface area contributed by atoms with Crippen molar-refractivity contribution >= 4 is 11.5 Å². The number of ether oxygens (including phenoxy) is 2. The molecule has 0 radical (unpaired) electrons. The number of rotatable bonds is 4. The Morgan fingerprint density at radius 1 is 1.16 bits per heavy atom. The highest BCUT2D eigenvalue weighted by molar-refractivity contribution is 5.61. The summed E-state index contributed by atoms with van der Waals surface area (Å²) in [7, 11) is 1.63. The highest BCUT2D eigenvalue weighted by Gasteiger charge is 2.36. The van der Waals surface area contributed by atoms with Crippen LogP contribution in [-0.4, -0.2) is 56.5 Å². The number of aryl methyl sites for hydroxylation is 1. The third kappa shape index (κ3) is 4.25. The van der Waals surface area contributed by atoms with E-state index in [1.165, 1.54) is 4.57 Å². The molecule has 5 rings (SSSR count). The smallest absolute Gasteiger partial charge is 0.273 e. The van der Waals surface area contributed by atoms with E-state index < -0.39 is 0 Å². The molecule has 4 heterocycles. The molecule has 0 bridgehead atoms. The molecule has 0 aliphatic carbocycles. The summed E-state index contributed by atoms with van der Waals surface area (Å²) in [6, 6.07) is 12.3. The van der Waals surface area contributed by atoms with Crippen molar-refractivity contribution in [2.75, 3.05) is 24.6 Å². The van der Waals surface area contributed by atoms with Crippen LogP contribution in [0.15, 0.2) is 29.1 Å². The van der Waals surface area contributed by atoms with Gasteiger partial charge in [0.15, 0.2) is 22.9 Å². The third-order valence-corrected chi connectivity index (χ3v) is 7.61. The molecule has 1 saturated heterocycles. The molecule has 3 aromatic rings. The Labute approximate surface area is 222 Å². The van der Waals surface area contributed by atoms with Crippen molar-refractivity contribution in [2.24, 2.45) is 7.05 Å². The fourth-order valence-corrected chi connectivity index (χ4v) is 5.56. The number of hydrogen-bond acceptors (Lipinski definition) is 8. The predicted molar refractivity (Wildman–Crippen MR) is 142 cm³/mol. The highest BCUT2D eigenvalue weighted by atomic mass is 16.6. The van der Waals surface area contributed by atoms with Gasteiger partial charge in [-0.05, 0) is 52.3 Å². The van der Waals surface area contributed by atoms with Crippen LogP contribution in [0.3, 0.4) is 0 Å². The molecule has 10 heteroatoms. The topological polar surface area (TPSA) is 112 Å². The zero-order valence-corrected chi connectivity index (χ0v) is 22.7. The van der Waals surface area contributed by atoms with Crippen LogP contribution in [0.25, 0.3) is 5.65 Å². The normalized spacial score (nSPS) is 21.6. The van der Waals surface area contributed by atoms with Gasteiger partial charge in [-0.15, -0.1) is 0 Å². The van der Waals surface area contributed by atoms with E-state index in [0.717, 1.165) is 23.6 Å². The Kier molecular flexibility index (Phi) is 6.32. The van der Waals surface area contributed by atoms with E-state index in [4.69, 9.17) is 9.47 Å². The van der Waals surface area contributed by atoms with Gasteiger partial charge in [-0.1, -0.05) is 6.07 Å². The van der Waals surface area contributed by atoms with E-state index >= 15 is 0 Å². The van der Waals surface area contributed by atoms with Gasteiger partial charge in [-0.3, -0.25) is 14.3 Å². The van der Waals surface area contributed by atoms with Gasteiger partial charge in [0, 0.05) is 44.3 Å². The Morgan fingerprint density at radius 2 is 1.92 bits per heavy atom. The maximum Gasteiger partial charge on any atom is 0.273 e. The van der Waals surface area contributed by atoms with Gasteiger partial charge in [0.2, 0.25) is 0 Å². The fourth-order valence-electron chi connectivity index (χ4n) is 5.56. The highest BCUT2D eigenvalue weighted by Crippen LogP contribution is 2.39. The number of aromatic nitrogens is 3. The number of fused-ring (bicyclic) bond motifs is 2. The maximum absolute atomic E-state index is 13.1. The number of nitriles is 2. The quantitative estimate of drug-likeness (QED) is 0.521. The minimum atomic E-state index is -0.377. The van der Waals surface area contributed by atoms with Crippen LogP contribution in [0.5, 0.6) is 11.5 Å². The van der Waals surface area contributed by atoms with Crippen molar-refractivity contribution in [3.05, 3.63) is 51.4 Å². The van der Waals surface area contributed by atoms with E-state index in [2.05, 4.69) is 59.9 Å². The van der Waals surface area contributed by atoms with Crippen LogP contribution in [0.2, 0.25) is 0 Å². The van der Waals surface area contributed by atoms with Gasteiger partial charge < -0.3 is 14.4 Å². The number of benzene rings is 1. The first kappa shape index (κ1) is 25.6. The van der Waals surface area contributed by atoms with Crippen LogP contribution in [0.4, 0.5) is 5.82 Å². The van der Waals surface area contributed by atoms with Crippen LogP contribution in [-0.2, 0) is 13.5 Å². The lowest BCUT2D eigenvalue weighted by atomic mass is 9.99. The minimum Gasteiger partial charge on any atom is -0.486 e. The van der Waals surface area contributed by atoms with Crippen LogP contribution < -0.4 is 19.9 Å². The summed E-state index contributed by atoms with van der Waals surface area (Å²) in [5.74, 6) is 2.01. The SMILES string of the molecule is C[C@@H]1CN(c2c(C#N)c(=O)n(C)c3cc(CC#N)nn23)[C@@H](C)CN1[C@@H](C)c1ccc2c(c1)OC(C)(C)CO2. The molecule has 0 spiro atoms. The summed E-state index contributed by atoms with van der Waals surface area (Å²) < 4.78 is 15.1. The van der Waals surface area contributed by atoms with Crippen LogP contribution in [0.1, 0.15) is 57.5 Å². The molecular formula is C28H33N7O3. The summed E-state index contributed by atoms with van der Waals surface area (Å²) in [4.78, 5) is 17.7. The number of hydrogen-bond donors (Lipinski definition) is 0. The van der Waals surface area contributed by atoms with E-state index in [1.807, 2.05) is 19.9 Å². The number of nitrogens with zero attached hydrogens (tertiary/aromatic N) is 7. The average Bonchev–Trinajstić information content (AvgIpc) is 3.30. The number of anilines is 1. The van der Waals surface area contributed by atoms with Crippen molar-refractivity contribution < 1.29 is 9.47 Å². The molecule has 198 valence electrons. The van der Waals surface area contributed by atoms with Crippen molar-refractivity contribution in [2.45, 2.75) is 64.8 Å². The lowest BCUT2D eigenvalue weighted by Gasteiger charge is -2.47. The van der Waals surface area contributed by atoms with Crippen molar-refractivity contribution in [3.63, 3.8) is 0 Å². The molecule has 2 aromatic heterocycles. The third-order valence-electron chi connectivity index (χ3n) is 7.61. The molecule has 38 heavy (non-hydrogen) atoms. The van der Waals surface area contributed by atoms with Crippen molar-refractivity contribution in [1.29, 1.82) is 10.5 Å². The second kappa shape index (κ2) is 9.38. The van der Waals surface area contributed by atoms with E-state index in [0.29, 0.717) is 30.3 Å². The molecule has 0 saturated carbocycles. The van der Waals surface area contributed by atoms with Gasteiger partial charge in [0.05, 0.1) is 18.2 Å². The summed E-state index contributed by atoms with van der Waals surface area (Å²) in [5.41, 5.74) is 1.57. The average molecular weight is 516 g/mol. The summed E-state index contributed by atoms with van der Waals surface area (Å²) in [6.07, 6.45) is 0.126. The summed E-state index contributed by atoms with van der Waals surface area (Å²) in [6.45, 7) is 12.3. The molecule has 3 atom stereocenters. The van der Waals surface area contributed by atoms with Gasteiger partial charge in [0.1, 0.15) is 23.9 Å². The second-order valence-corrected chi connectivity index (χ2v) is 11.0. The van der Waals surface area contributed by atoms with Gasteiger partial charge >= 0.3 is 0 Å². The lowest BCUT2D eigenvalue weighted by Crippen LogP contribution is -2.58. The minimum absolute atomic E-state index is 0.00387. The Bertz CT molecular complexity index is 1540. The first-order valence-electron chi connectivity index (χ1n) is 12.9. The molecule has 10 nitrogen and oxygen atoms in total. The molecule has 2 aliphatic heterocycles. The molecular weight excluding hydrogens is 482 g/mol. The lowest BCUT2D eigenvalue weighted by molar-refractivity contribution is 0.0209. The molecule has 0 unspecified atom stereocenters. The fraction of sp³-hybridized carbons (Fsp3) is 0.500. The molecule has 1 fully saturated rings. The van der Waals surface area contributed by atoms with E-state index in [9.17, 15) is 15.3 Å². The first-order chi connectivity index (χ1) is 18.0. The molecule has 0 amide bonds. The van der Waals surface area contributed by atoms with E-state index in [1.54, 1.807) is 17.6 Å². The zero-order valence-electron chi connectivity index (χ0n) is 22.7. The van der Waals surface area contributed by atoms with E-state index in [-0.39, 0.29) is 41.3 Å². The Morgan fingerprint density at radius 3 is 2.63 bits per heavy atom. The standard InChI is InChI=1S/C28H33N7O3/c1-17-15-34(26-22(13-30)27(36)32(6)25-12-21(9-10-29)31-35(25)26)18(2)14-33(17)19(3)20-7-8-23-24(11-20)38-28(4,5)16-37-23/h7-8,11-12,17-19H,9,14-16H2,1-6H3/t17-,18+,19+/m1/s1. The van der Waals surface area contributed by atoms with Gasteiger partial charge in [0.25, 0.3) is 5.56 Å². The largest absolute Gasteiger partial charge is 0.486 e. The Balaban J connectivity index is 1.47. The number of piperazine rings is 1. The predicted octanol–water partition coefficient (Wildman–Crippen LogP) is 3.18. The summed E-state index contributed by atoms with van der Waals surface area (Å²) >= 11 is 0. The maximum atomic E-state index is 13.1. The van der Waals surface area contributed by atoms with Crippen LogP contribution in [0, 0.1) is 22.7 Å². The summed E-state index contributed by atoms with van der Waals surface area (Å²) in [5, 5.41) is 23.8. The van der Waals surface area contributed by atoms with Gasteiger partial charge in [-0.25, -0.2) is 0 Å². The zero-order chi connectivity index (χ0) is 27.4. The van der Waals surface area contributed by atoms with Crippen molar-refractivity contribution in [3.8, 4) is 23.6 Å². The monoisotopic (exact) mass is 515 g/mol.